The van der Waals surface area contributed by atoms with Crippen molar-refractivity contribution in [1.82, 2.24) is 4.98 Å². The lowest BCUT2D eigenvalue weighted by molar-refractivity contribution is -0.115. The molecule has 0 unspecified atom stereocenters. The summed E-state index contributed by atoms with van der Waals surface area (Å²) in [6, 6.07) is 15.2. The molecule has 3 rings (SSSR count). The lowest BCUT2D eigenvalue weighted by Gasteiger charge is -2.12. The van der Waals surface area contributed by atoms with Crippen molar-refractivity contribution in [3.05, 3.63) is 65.0 Å². The highest BCUT2D eigenvalue weighted by Crippen LogP contribution is 2.26. The first-order valence-corrected chi connectivity index (χ1v) is 8.89. The largest absolute Gasteiger partial charge is 0.492 e. The summed E-state index contributed by atoms with van der Waals surface area (Å²) >= 11 is 1.57. The lowest BCUT2D eigenvalue weighted by Crippen LogP contribution is -2.13. The van der Waals surface area contributed by atoms with Gasteiger partial charge in [-0.25, -0.2) is 4.98 Å². The molecule has 128 valence electrons. The van der Waals surface area contributed by atoms with E-state index in [0.717, 1.165) is 16.3 Å². The van der Waals surface area contributed by atoms with Gasteiger partial charge in [0.25, 0.3) is 0 Å². The number of rotatable bonds is 7. The second-order valence-corrected chi connectivity index (χ2v) is 6.32. The number of anilines is 3. The number of pyridine rings is 1. The molecule has 0 saturated carbocycles. The molecule has 0 radical (unpaired) electrons. The van der Waals surface area contributed by atoms with Crippen molar-refractivity contribution in [3.63, 3.8) is 0 Å². The summed E-state index contributed by atoms with van der Waals surface area (Å²) in [6.07, 6.45) is 2.01. The number of nitrogens with zero attached hydrogens (tertiary/aromatic N) is 1. The lowest BCUT2D eigenvalue weighted by atomic mass is 10.3. The first kappa shape index (κ1) is 17.0. The maximum absolute atomic E-state index is 12.0. The van der Waals surface area contributed by atoms with Crippen LogP contribution in [0.1, 0.15) is 11.8 Å². The van der Waals surface area contributed by atoms with Crippen molar-refractivity contribution >= 4 is 34.4 Å². The number of nitrogens with one attached hydrogen (secondary N) is 2. The minimum atomic E-state index is -0.0494. The topological polar surface area (TPSA) is 63.2 Å². The molecule has 6 heteroatoms. The molecule has 3 aromatic rings. The van der Waals surface area contributed by atoms with Crippen LogP contribution in [-0.4, -0.2) is 17.5 Å². The molecule has 0 fully saturated rings. The summed E-state index contributed by atoms with van der Waals surface area (Å²) in [5.41, 5.74) is 1.52. The normalized spacial score (nSPS) is 10.3. The summed E-state index contributed by atoms with van der Waals surface area (Å²) in [7, 11) is 0. The van der Waals surface area contributed by atoms with Crippen molar-refractivity contribution in [3.8, 4) is 5.75 Å². The Morgan fingerprint density at radius 2 is 2.04 bits per heavy atom. The van der Waals surface area contributed by atoms with Crippen LogP contribution in [0.5, 0.6) is 5.75 Å². The molecule has 0 atom stereocenters. The minimum absolute atomic E-state index is 0.0494. The Labute approximate surface area is 150 Å². The van der Waals surface area contributed by atoms with E-state index < -0.39 is 0 Å². The third-order valence-corrected chi connectivity index (χ3v) is 4.29. The molecule has 2 N–H and O–H groups in total. The van der Waals surface area contributed by atoms with E-state index in [-0.39, 0.29) is 5.91 Å². The highest BCUT2D eigenvalue weighted by Gasteiger charge is 2.07. The molecule has 0 saturated heterocycles. The van der Waals surface area contributed by atoms with Crippen molar-refractivity contribution in [2.75, 3.05) is 17.2 Å². The highest BCUT2D eigenvalue weighted by atomic mass is 32.1. The Morgan fingerprint density at radius 1 is 1.16 bits per heavy atom. The zero-order valence-corrected chi connectivity index (χ0v) is 14.7. The van der Waals surface area contributed by atoms with Crippen molar-refractivity contribution in [1.29, 1.82) is 0 Å². The van der Waals surface area contributed by atoms with Crippen LogP contribution in [0.15, 0.2) is 60.1 Å². The van der Waals surface area contributed by atoms with E-state index in [9.17, 15) is 4.79 Å². The number of hydrogen-bond acceptors (Lipinski definition) is 5. The predicted octanol–water partition coefficient (Wildman–Crippen LogP) is 4.47. The van der Waals surface area contributed by atoms with Gasteiger partial charge in [-0.3, -0.25) is 4.79 Å². The van der Waals surface area contributed by atoms with Gasteiger partial charge in [-0.1, -0.05) is 18.2 Å². The number of para-hydroxylation sites is 2. The third-order valence-electron chi connectivity index (χ3n) is 3.41. The van der Waals surface area contributed by atoms with Gasteiger partial charge in [0.15, 0.2) is 0 Å². The summed E-state index contributed by atoms with van der Waals surface area (Å²) in [6.45, 7) is 2.55. The average molecular weight is 353 g/mol. The van der Waals surface area contributed by atoms with Crippen LogP contribution in [-0.2, 0) is 11.2 Å². The number of carbonyl (C=O) groups is 1. The second kappa shape index (κ2) is 8.30. The van der Waals surface area contributed by atoms with Crippen LogP contribution in [0.25, 0.3) is 0 Å². The fraction of sp³-hybridized carbons (Fsp3) is 0.158. The maximum Gasteiger partial charge on any atom is 0.229 e. The van der Waals surface area contributed by atoms with Crippen molar-refractivity contribution in [2.24, 2.45) is 0 Å². The molecular formula is C19H19N3O2S. The first-order chi connectivity index (χ1) is 12.2. The van der Waals surface area contributed by atoms with Crippen LogP contribution < -0.4 is 15.4 Å². The van der Waals surface area contributed by atoms with E-state index in [1.807, 2.05) is 60.8 Å². The monoisotopic (exact) mass is 353 g/mol. The second-order valence-electron chi connectivity index (χ2n) is 5.29. The maximum atomic E-state index is 12.0. The molecule has 0 bridgehead atoms. The number of hydrogen-bond donors (Lipinski definition) is 2. The molecule has 0 aliphatic carbocycles. The van der Waals surface area contributed by atoms with Crippen LogP contribution in [0.4, 0.5) is 17.2 Å². The van der Waals surface area contributed by atoms with E-state index in [1.54, 1.807) is 17.5 Å². The minimum Gasteiger partial charge on any atom is -0.492 e. The quantitative estimate of drug-likeness (QED) is 0.658. The Morgan fingerprint density at radius 3 is 2.76 bits per heavy atom. The first-order valence-electron chi connectivity index (χ1n) is 8.01. The standard InChI is InChI=1S/C19H19N3O2S/c1-2-24-17-8-4-3-7-16(17)22-18-10-9-14(13-20-18)21-19(23)12-15-6-5-11-25-15/h3-11,13H,2,12H2,1H3,(H,20,22)(H,21,23). The number of benzene rings is 1. The van der Waals surface area contributed by atoms with Gasteiger partial charge in [0, 0.05) is 4.88 Å². The van der Waals surface area contributed by atoms with Gasteiger partial charge in [0.1, 0.15) is 11.6 Å². The fourth-order valence-electron chi connectivity index (χ4n) is 2.31. The zero-order valence-electron chi connectivity index (χ0n) is 13.9. The van der Waals surface area contributed by atoms with Crippen LogP contribution >= 0.6 is 11.3 Å². The Kier molecular flexibility index (Phi) is 5.64. The number of carbonyl (C=O) groups excluding carboxylic acids is 1. The predicted molar refractivity (Wildman–Crippen MR) is 102 cm³/mol. The molecule has 1 aromatic carbocycles. The molecule has 0 spiro atoms. The Hall–Kier alpha value is -2.86. The van der Waals surface area contributed by atoms with Gasteiger partial charge in [-0.05, 0) is 42.6 Å². The number of thiophene rings is 1. The van der Waals surface area contributed by atoms with Gasteiger partial charge in [-0.2, -0.15) is 0 Å². The van der Waals surface area contributed by atoms with Crippen molar-refractivity contribution < 1.29 is 9.53 Å². The molecule has 2 aromatic heterocycles. The van der Waals surface area contributed by atoms with Crippen LogP contribution in [0, 0.1) is 0 Å². The average Bonchev–Trinajstić information content (AvgIpc) is 3.11. The van der Waals surface area contributed by atoms with Crippen LogP contribution in [0.2, 0.25) is 0 Å². The van der Waals surface area contributed by atoms with E-state index in [1.165, 1.54) is 0 Å². The Balaban J connectivity index is 1.61. The summed E-state index contributed by atoms with van der Waals surface area (Å²) in [4.78, 5) is 17.4. The van der Waals surface area contributed by atoms with Crippen molar-refractivity contribution in [2.45, 2.75) is 13.3 Å². The summed E-state index contributed by atoms with van der Waals surface area (Å²) < 4.78 is 5.59. The SMILES string of the molecule is CCOc1ccccc1Nc1ccc(NC(=O)Cc2cccs2)cn1. The van der Waals surface area contributed by atoms with E-state index in [0.29, 0.717) is 24.5 Å². The van der Waals surface area contributed by atoms with Gasteiger partial charge >= 0.3 is 0 Å². The van der Waals surface area contributed by atoms with Gasteiger partial charge in [0.05, 0.1) is 30.6 Å². The smallest absolute Gasteiger partial charge is 0.229 e. The van der Waals surface area contributed by atoms with Gasteiger partial charge in [0.2, 0.25) is 5.91 Å². The van der Waals surface area contributed by atoms with Crippen LogP contribution in [0.3, 0.4) is 0 Å². The Bertz CT molecular complexity index is 817. The van der Waals surface area contributed by atoms with Gasteiger partial charge in [-0.15, -0.1) is 11.3 Å². The molecule has 1 amide bonds. The molecule has 0 aliphatic heterocycles. The molecule has 25 heavy (non-hydrogen) atoms. The number of aromatic nitrogens is 1. The fourth-order valence-corrected chi connectivity index (χ4v) is 3.01. The zero-order chi connectivity index (χ0) is 17.5. The number of ether oxygens (including phenoxy) is 1. The van der Waals surface area contributed by atoms with E-state index in [2.05, 4.69) is 15.6 Å². The molecule has 5 nitrogen and oxygen atoms in total. The number of amides is 1. The summed E-state index contributed by atoms with van der Waals surface area (Å²) in [5.74, 6) is 1.41. The molecule has 0 aliphatic rings. The highest BCUT2D eigenvalue weighted by molar-refractivity contribution is 7.10. The third kappa shape index (κ3) is 4.81. The summed E-state index contributed by atoms with van der Waals surface area (Å²) in [5, 5.41) is 8.05. The van der Waals surface area contributed by atoms with E-state index >= 15 is 0 Å². The molecule has 2 heterocycles. The molecular weight excluding hydrogens is 334 g/mol. The van der Waals surface area contributed by atoms with E-state index in [4.69, 9.17) is 4.74 Å². The van der Waals surface area contributed by atoms with Gasteiger partial charge < -0.3 is 15.4 Å².